The quantitative estimate of drug-likeness (QED) is 0.808. The van der Waals surface area contributed by atoms with E-state index < -0.39 is 0 Å². The summed E-state index contributed by atoms with van der Waals surface area (Å²) in [5.41, 5.74) is 1.58. The van der Waals surface area contributed by atoms with Crippen LogP contribution in [-0.2, 0) is 11.2 Å². The van der Waals surface area contributed by atoms with Crippen LogP contribution in [0.3, 0.4) is 0 Å². The van der Waals surface area contributed by atoms with Gasteiger partial charge in [0.2, 0.25) is 0 Å². The fraction of sp³-hybridized carbons (Fsp3) is 0.667. The summed E-state index contributed by atoms with van der Waals surface area (Å²) in [5, 5.41) is 3.66. The normalized spacial score (nSPS) is 20.7. The number of hydrogen-bond acceptors (Lipinski definition) is 2. The van der Waals surface area contributed by atoms with Crippen LogP contribution >= 0.6 is 15.9 Å². The molecule has 2 rings (SSSR count). The summed E-state index contributed by atoms with van der Waals surface area (Å²) < 4.78 is 7.01. The van der Waals surface area contributed by atoms with Crippen LogP contribution in [-0.4, -0.2) is 24.8 Å². The van der Waals surface area contributed by atoms with Crippen molar-refractivity contribution >= 4 is 15.9 Å². The van der Waals surface area contributed by atoms with Crippen LogP contribution in [0.4, 0.5) is 0 Å². The molecule has 0 aliphatic carbocycles. The molecule has 0 saturated carbocycles. The Hall–Kier alpha value is -0.380. The Morgan fingerprint density at radius 1 is 1.38 bits per heavy atom. The molecular formula is C18H28BrNO. The maximum absolute atomic E-state index is 5.84. The molecule has 0 aromatic heterocycles. The van der Waals surface area contributed by atoms with E-state index in [9.17, 15) is 0 Å². The van der Waals surface area contributed by atoms with Crippen molar-refractivity contribution in [2.75, 3.05) is 13.2 Å². The van der Waals surface area contributed by atoms with E-state index in [0.717, 1.165) is 26.0 Å². The molecule has 1 aliphatic heterocycles. The minimum atomic E-state index is 0.173. The van der Waals surface area contributed by atoms with Gasteiger partial charge in [-0.1, -0.05) is 28.1 Å². The first kappa shape index (κ1) is 17.0. The van der Waals surface area contributed by atoms with Gasteiger partial charge in [-0.15, -0.1) is 0 Å². The SMILES string of the molecule is CC(C)(C)NCC(Cc1cccc(Br)c1)CC1CCCO1. The van der Waals surface area contributed by atoms with Gasteiger partial charge in [-0.3, -0.25) is 0 Å². The lowest BCUT2D eigenvalue weighted by Crippen LogP contribution is -2.40. The molecule has 0 spiro atoms. The van der Waals surface area contributed by atoms with Crippen molar-refractivity contribution in [2.24, 2.45) is 5.92 Å². The smallest absolute Gasteiger partial charge is 0.0579 e. The molecule has 3 heteroatoms. The predicted octanol–water partition coefficient (Wildman–Crippen LogP) is 4.57. The molecule has 1 aromatic carbocycles. The highest BCUT2D eigenvalue weighted by molar-refractivity contribution is 9.10. The number of nitrogens with one attached hydrogen (secondary N) is 1. The molecule has 21 heavy (non-hydrogen) atoms. The van der Waals surface area contributed by atoms with E-state index in [1.807, 2.05) is 0 Å². The molecule has 1 aromatic rings. The minimum Gasteiger partial charge on any atom is -0.378 e. The fourth-order valence-electron chi connectivity index (χ4n) is 2.89. The zero-order valence-corrected chi connectivity index (χ0v) is 15.1. The predicted molar refractivity (Wildman–Crippen MR) is 92.7 cm³/mol. The summed E-state index contributed by atoms with van der Waals surface area (Å²) in [6.07, 6.45) is 5.19. The Morgan fingerprint density at radius 3 is 2.81 bits per heavy atom. The Labute approximate surface area is 137 Å². The maximum Gasteiger partial charge on any atom is 0.0579 e. The molecule has 1 saturated heterocycles. The molecule has 1 N–H and O–H groups in total. The highest BCUT2D eigenvalue weighted by atomic mass is 79.9. The number of halogens is 1. The van der Waals surface area contributed by atoms with Gasteiger partial charge in [-0.25, -0.2) is 0 Å². The average Bonchev–Trinajstić information content (AvgIpc) is 2.88. The van der Waals surface area contributed by atoms with Gasteiger partial charge in [0.25, 0.3) is 0 Å². The molecule has 0 radical (unpaired) electrons. The Kier molecular flexibility index (Phi) is 6.27. The van der Waals surface area contributed by atoms with E-state index in [1.165, 1.54) is 22.9 Å². The van der Waals surface area contributed by atoms with Gasteiger partial charge < -0.3 is 10.1 Å². The summed E-state index contributed by atoms with van der Waals surface area (Å²) >= 11 is 3.57. The van der Waals surface area contributed by atoms with Gasteiger partial charge in [-0.05, 0) is 76.6 Å². The third-order valence-electron chi connectivity index (χ3n) is 3.95. The maximum atomic E-state index is 5.84. The Bertz CT molecular complexity index is 435. The third-order valence-corrected chi connectivity index (χ3v) is 4.45. The van der Waals surface area contributed by atoms with Crippen LogP contribution in [0, 0.1) is 5.92 Å². The second-order valence-electron chi connectivity index (χ2n) is 7.20. The first-order valence-corrected chi connectivity index (χ1v) is 8.83. The van der Waals surface area contributed by atoms with Gasteiger partial charge in [0.15, 0.2) is 0 Å². The van der Waals surface area contributed by atoms with Crippen LogP contribution in [0.2, 0.25) is 0 Å². The van der Waals surface area contributed by atoms with Gasteiger partial charge in [0, 0.05) is 16.6 Å². The average molecular weight is 354 g/mol. The second kappa shape index (κ2) is 7.75. The Morgan fingerprint density at radius 2 is 2.19 bits per heavy atom. The summed E-state index contributed by atoms with van der Waals surface area (Å²) in [7, 11) is 0. The number of benzene rings is 1. The molecule has 0 amide bonds. The van der Waals surface area contributed by atoms with Gasteiger partial charge in [0.05, 0.1) is 6.10 Å². The van der Waals surface area contributed by atoms with Crippen LogP contribution in [0.5, 0.6) is 0 Å². The van der Waals surface area contributed by atoms with Crippen molar-refractivity contribution in [3.63, 3.8) is 0 Å². The number of ether oxygens (including phenoxy) is 1. The molecule has 2 unspecified atom stereocenters. The topological polar surface area (TPSA) is 21.3 Å². The van der Waals surface area contributed by atoms with E-state index in [4.69, 9.17) is 4.74 Å². The largest absolute Gasteiger partial charge is 0.378 e. The summed E-state index contributed by atoms with van der Waals surface area (Å²) in [6, 6.07) is 8.68. The zero-order chi connectivity index (χ0) is 15.3. The standard InChI is InChI=1S/C18H28BrNO/c1-18(2,3)20-13-15(12-17-8-5-9-21-17)10-14-6-4-7-16(19)11-14/h4,6-7,11,15,17,20H,5,8-10,12-13H2,1-3H3. The number of hydrogen-bond donors (Lipinski definition) is 1. The van der Waals surface area contributed by atoms with Crippen molar-refractivity contribution in [2.45, 2.75) is 58.1 Å². The monoisotopic (exact) mass is 353 g/mol. The lowest BCUT2D eigenvalue weighted by atomic mass is 9.92. The Balaban J connectivity index is 1.96. The lowest BCUT2D eigenvalue weighted by molar-refractivity contribution is 0.0882. The van der Waals surface area contributed by atoms with Gasteiger partial charge in [0.1, 0.15) is 0 Å². The summed E-state index contributed by atoms with van der Waals surface area (Å²) in [4.78, 5) is 0. The van der Waals surface area contributed by atoms with E-state index in [1.54, 1.807) is 0 Å². The lowest BCUT2D eigenvalue weighted by Gasteiger charge is -2.27. The molecule has 2 atom stereocenters. The van der Waals surface area contributed by atoms with Crippen molar-refractivity contribution in [3.8, 4) is 0 Å². The molecule has 1 heterocycles. The highest BCUT2D eigenvalue weighted by Gasteiger charge is 2.22. The fourth-order valence-corrected chi connectivity index (χ4v) is 3.34. The summed E-state index contributed by atoms with van der Waals surface area (Å²) in [6.45, 7) is 8.69. The van der Waals surface area contributed by atoms with Crippen LogP contribution < -0.4 is 5.32 Å². The van der Waals surface area contributed by atoms with Crippen LogP contribution in [0.25, 0.3) is 0 Å². The first-order chi connectivity index (χ1) is 9.92. The second-order valence-corrected chi connectivity index (χ2v) is 8.12. The molecule has 2 nitrogen and oxygen atoms in total. The molecule has 1 aliphatic rings. The van der Waals surface area contributed by atoms with E-state index in [2.05, 4.69) is 66.3 Å². The zero-order valence-electron chi connectivity index (χ0n) is 13.5. The van der Waals surface area contributed by atoms with Gasteiger partial charge in [-0.2, -0.15) is 0 Å². The van der Waals surface area contributed by atoms with Crippen molar-refractivity contribution in [3.05, 3.63) is 34.3 Å². The molecule has 118 valence electrons. The van der Waals surface area contributed by atoms with E-state index >= 15 is 0 Å². The highest BCUT2D eigenvalue weighted by Crippen LogP contribution is 2.24. The van der Waals surface area contributed by atoms with Crippen LogP contribution in [0.15, 0.2) is 28.7 Å². The minimum absolute atomic E-state index is 0.173. The van der Waals surface area contributed by atoms with E-state index in [0.29, 0.717) is 12.0 Å². The van der Waals surface area contributed by atoms with Gasteiger partial charge >= 0.3 is 0 Å². The molecular weight excluding hydrogens is 326 g/mol. The summed E-state index contributed by atoms with van der Waals surface area (Å²) in [5.74, 6) is 0.627. The van der Waals surface area contributed by atoms with Crippen molar-refractivity contribution < 1.29 is 4.74 Å². The number of rotatable bonds is 6. The van der Waals surface area contributed by atoms with Crippen LogP contribution in [0.1, 0.15) is 45.6 Å². The third kappa shape index (κ3) is 6.50. The molecule has 0 bridgehead atoms. The first-order valence-electron chi connectivity index (χ1n) is 8.03. The molecule has 1 fully saturated rings. The van der Waals surface area contributed by atoms with Crippen molar-refractivity contribution in [1.29, 1.82) is 0 Å². The van der Waals surface area contributed by atoms with Crippen molar-refractivity contribution in [1.82, 2.24) is 5.32 Å². The van der Waals surface area contributed by atoms with E-state index in [-0.39, 0.29) is 5.54 Å².